The van der Waals surface area contributed by atoms with Crippen molar-refractivity contribution < 1.29 is 14.3 Å². The predicted molar refractivity (Wildman–Crippen MR) is 127 cm³/mol. The molecule has 7 nitrogen and oxygen atoms in total. The van der Waals surface area contributed by atoms with Crippen LogP contribution in [0, 0.1) is 0 Å². The number of methoxy groups -OCH3 is 1. The lowest BCUT2D eigenvalue weighted by molar-refractivity contribution is -0.131. The lowest BCUT2D eigenvalue weighted by Crippen LogP contribution is -2.54. The Hall–Kier alpha value is -1.10. The van der Waals surface area contributed by atoms with Crippen LogP contribution in [-0.2, 0) is 20.7 Å². The summed E-state index contributed by atoms with van der Waals surface area (Å²) in [6.07, 6.45) is 1.29. The maximum atomic E-state index is 12.5. The number of nitrogens with zero attached hydrogens (tertiary/aromatic N) is 3. The van der Waals surface area contributed by atoms with E-state index in [1.54, 1.807) is 14.2 Å². The lowest BCUT2D eigenvalue weighted by Gasteiger charge is -2.36. The maximum absolute atomic E-state index is 12.5. The van der Waals surface area contributed by atoms with E-state index in [-0.39, 0.29) is 29.9 Å². The maximum Gasteiger partial charge on any atom is 0.227 e. The minimum Gasteiger partial charge on any atom is -0.382 e. The number of halogens is 2. The number of guanidine groups is 1. The summed E-state index contributed by atoms with van der Waals surface area (Å²) >= 11 is 6.00. The van der Waals surface area contributed by atoms with E-state index in [0.29, 0.717) is 44.4 Å². The van der Waals surface area contributed by atoms with Gasteiger partial charge in [-0.3, -0.25) is 9.79 Å². The van der Waals surface area contributed by atoms with Gasteiger partial charge in [-0.15, -0.1) is 24.0 Å². The lowest BCUT2D eigenvalue weighted by atomic mass is 10.1. The first-order valence-corrected chi connectivity index (χ1v) is 10.1. The Morgan fingerprint density at radius 1 is 1.17 bits per heavy atom. The Kier molecular flexibility index (Phi) is 13.2. The van der Waals surface area contributed by atoms with E-state index in [1.807, 2.05) is 29.2 Å². The first kappa shape index (κ1) is 25.9. The number of hydrogen-bond acceptors (Lipinski definition) is 4. The van der Waals surface area contributed by atoms with Gasteiger partial charge >= 0.3 is 0 Å². The average molecular weight is 539 g/mol. The van der Waals surface area contributed by atoms with Crippen molar-refractivity contribution in [2.75, 3.05) is 66.7 Å². The molecule has 1 amide bonds. The van der Waals surface area contributed by atoms with Crippen LogP contribution >= 0.6 is 35.6 Å². The summed E-state index contributed by atoms with van der Waals surface area (Å²) < 4.78 is 10.4. The second kappa shape index (κ2) is 14.8. The minimum absolute atomic E-state index is 0. The highest BCUT2D eigenvalue weighted by molar-refractivity contribution is 14.0. The number of amides is 1. The van der Waals surface area contributed by atoms with Gasteiger partial charge in [-0.25, -0.2) is 0 Å². The molecule has 1 fully saturated rings. The first-order chi connectivity index (χ1) is 13.6. The third-order valence-electron chi connectivity index (χ3n) is 4.57. The van der Waals surface area contributed by atoms with Crippen LogP contribution in [0.15, 0.2) is 29.3 Å². The molecule has 1 saturated heterocycles. The van der Waals surface area contributed by atoms with E-state index in [0.717, 1.165) is 37.6 Å². The number of hydrogen-bond donors (Lipinski definition) is 1. The quantitative estimate of drug-likeness (QED) is 0.226. The van der Waals surface area contributed by atoms with Gasteiger partial charge in [0.2, 0.25) is 5.91 Å². The van der Waals surface area contributed by atoms with Crippen LogP contribution in [0.4, 0.5) is 0 Å². The molecule has 1 aromatic rings. The second-order valence-corrected chi connectivity index (χ2v) is 7.04. The van der Waals surface area contributed by atoms with Gasteiger partial charge in [0.15, 0.2) is 5.96 Å². The molecule has 0 atom stereocenters. The van der Waals surface area contributed by atoms with Crippen molar-refractivity contribution in [2.24, 2.45) is 4.99 Å². The van der Waals surface area contributed by atoms with Crippen molar-refractivity contribution in [1.82, 2.24) is 15.1 Å². The third-order valence-corrected chi connectivity index (χ3v) is 4.80. The van der Waals surface area contributed by atoms with Crippen molar-refractivity contribution in [3.8, 4) is 0 Å². The average Bonchev–Trinajstić information content (AvgIpc) is 2.70. The molecule has 1 aromatic carbocycles. The van der Waals surface area contributed by atoms with Gasteiger partial charge in [0, 0.05) is 58.5 Å². The molecule has 1 heterocycles. The molecular formula is C20H32ClIN4O3. The van der Waals surface area contributed by atoms with Crippen LogP contribution in [0.3, 0.4) is 0 Å². The molecule has 0 spiro atoms. The highest BCUT2D eigenvalue weighted by atomic mass is 127. The molecule has 0 aromatic heterocycles. The van der Waals surface area contributed by atoms with E-state index in [1.165, 1.54) is 0 Å². The van der Waals surface area contributed by atoms with E-state index < -0.39 is 0 Å². The van der Waals surface area contributed by atoms with E-state index in [9.17, 15) is 4.79 Å². The summed E-state index contributed by atoms with van der Waals surface area (Å²) in [5, 5.41) is 4.03. The fourth-order valence-corrected chi connectivity index (χ4v) is 3.26. The monoisotopic (exact) mass is 538 g/mol. The number of carbonyl (C=O) groups excluding carboxylic acids is 1. The molecule has 0 unspecified atom stereocenters. The number of benzene rings is 1. The van der Waals surface area contributed by atoms with E-state index in [4.69, 9.17) is 21.1 Å². The van der Waals surface area contributed by atoms with Gasteiger partial charge in [0.05, 0.1) is 19.6 Å². The van der Waals surface area contributed by atoms with E-state index in [2.05, 4.69) is 15.2 Å². The van der Waals surface area contributed by atoms with Gasteiger partial charge in [-0.2, -0.15) is 0 Å². The zero-order valence-electron chi connectivity index (χ0n) is 17.2. The molecule has 1 aliphatic rings. The minimum atomic E-state index is 0. The number of carbonyl (C=O) groups is 1. The molecular weight excluding hydrogens is 507 g/mol. The van der Waals surface area contributed by atoms with Crippen molar-refractivity contribution in [2.45, 2.75) is 12.8 Å². The van der Waals surface area contributed by atoms with Gasteiger partial charge in [-0.05, 0) is 24.1 Å². The predicted octanol–water partition coefficient (Wildman–Crippen LogP) is 2.27. The number of nitrogens with one attached hydrogen (secondary N) is 1. The summed E-state index contributed by atoms with van der Waals surface area (Å²) in [4.78, 5) is 21.0. The summed E-state index contributed by atoms with van der Waals surface area (Å²) in [6, 6.07) is 7.48. The fraction of sp³-hybridized carbons (Fsp3) is 0.600. The second-order valence-electron chi connectivity index (χ2n) is 6.61. The highest BCUT2D eigenvalue weighted by Gasteiger charge is 2.22. The van der Waals surface area contributed by atoms with Gasteiger partial charge in [0.1, 0.15) is 0 Å². The summed E-state index contributed by atoms with van der Waals surface area (Å²) in [5.41, 5.74) is 0.949. The molecule has 9 heteroatoms. The first-order valence-electron chi connectivity index (χ1n) is 9.68. The molecule has 0 bridgehead atoms. The van der Waals surface area contributed by atoms with E-state index >= 15 is 0 Å². The Morgan fingerprint density at radius 2 is 1.90 bits per heavy atom. The number of piperazine rings is 1. The molecule has 164 valence electrons. The molecule has 0 radical (unpaired) electrons. The van der Waals surface area contributed by atoms with Crippen LogP contribution < -0.4 is 5.32 Å². The standard InChI is InChI=1S/C20H31ClN4O3.HI/c1-22-20(23-7-4-12-28-14-13-27-2)25-10-8-24(9-11-25)19(26)16-17-5-3-6-18(21)15-17;/h3,5-6,15H,4,7-14,16H2,1-2H3,(H,22,23);1H. The van der Waals surface area contributed by atoms with Gasteiger partial charge in [-0.1, -0.05) is 23.7 Å². The summed E-state index contributed by atoms with van der Waals surface area (Å²) in [7, 11) is 3.45. The highest BCUT2D eigenvalue weighted by Crippen LogP contribution is 2.13. The Labute approximate surface area is 195 Å². The smallest absolute Gasteiger partial charge is 0.227 e. The number of ether oxygens (including phenoxy) is 2. The zero-order valence-corrected chi connectivity index (χ0v) is 20.3. The largest absolute Gasteiger partial charge is 0.382 e. The van der Waals surface area contributed by atoms with Gasteiger partial charge < -0.3 is 24.6 Å². The number of rotatable bonds is 9. The molecule has 0 saturated carbocycles. The molecule has 29 heavy (non-hydrogen) atoms. The van der Waals surface area contributed by atoms with Gasteiger partial charge in [0.25, 0.3) is 0 Å². The van der Waals surface area contributed by atoms with Crippen LogP contribution in [-0.4, -0.2) is 88.4 Å². The Morgan fingerprint density at radius 3 is 2.55 bits per heavy atom. The summed E-state index contributed by atoms with van der Waals surface area (Å²) in [5.74, 6) is 1.01. The molecule has 2 rings (SSSR count). The van der Waals surface area contributed by atoms with Crippen LogP contribution in [0.5, 0.6) is 0 Å². The number of aliphatic imine (C=N–C) groups is 1. The zero-order chi connectivity index (χ0) is 20.2. The molecule has 0 aliphatic carbocycles. The van der Waals surface area contributed by atoms with Crippen LogP contribution in [0.1, 0.15) is 12.0 Å². The van der Waals surface area contributed by atoms with Crippen molar-refractivity contribution in [1.29, 1.82) is 0 Å². The van der Waals surface area contributed by atoms with Crippen LogP contribution in [0.2, 0.25) is 5.02 Å². The van der Waals surface area contributed by atoms with Crippen molar-refractivity contribution in [3.05, 3.63) is 34.9 Å². The third kappa shape index (κ3) is 9.50. The Balaban J connectivity index is 0.00000420. The van der Waals surface area contributed by atoms with Crippen molar-refractivity contribution in [3.63, 3.8) is 0 Å². The fourth-order valence-electron chi connectivity index (χ4n) is 3.05. The summed E-state index contributed by atoms with van der Waals surface area (Å²) in [6.45, 7) is 5.66. The molecule has 1 aliphatic heterocycles. The topological polar surface area (TPSA) is 66.4 Å². The van der Waals surface area contributed by atoms with Crippen LogP contribution in [0.25, 0.3) is 0 Å². The normalized spacial score (nSPS) is 14.5. The van der Waals surface area contributed by atoms with Crippen molar-refractivity contribution >= 4 is 47.4 Å². The molecule has 1 N–H and O–H groups in total. The SMILES string of the molecule is CN=C(NCCCOCCOC)N1CCN(C(=O)Cc2cccc(Cl)c2)CC1.I. The Bertz CT molecular complexity index is 640.